The molecule has 3 heterocycles. The summed E-state index contributed by atoms with van der Waals surface area (Å²) in [4.78, 5) is 4.24. The van der Waals surface area contributed by atoms with Crippen LogP contribution in [0, 0.1) is 5.92 Å². The summed E-state index contributed by atoms with van der Waals surface area (Å²) in [6.45, 7) is 0. The Kier molecular flexibility index (Phi) is 2.38. The van der Waals surface area contributed by atoms with Crippen molar-refractivity contribution in [2.24, 2.45) is 5.92 Å². The number of nitrogens with one attached hydrogen (secondary N) is 1. The average molecular weight is 283 g/mol. The van der Waals surface area contributed by atoms with Gasteiger partial charge in [0, 0.05) is 18.2 Å². The van der Waals surface area contributed by atoms with Gasteiger partial charge in [0.1, 0.15) is 16.4 Å². The predicted molar refractivity (Wildman–Crippen MR) is 71.0 cm³/mol. The fourth-order valence-electron chi connectivity index (χ4n) is 3.27. The van der Waals surface area contributed by atoms with E-state index in [4.69, 9.17) is 27.6 Å². The molecule has 0 amide bonds. The second-order valence-corrected chi connectivity index (χ2v) is 5.97. The first-order valence-electron chi connectivity index (χ1n) is 6.22. The van der Waals surface area contributed by atoms with Crippen molar-refractivity contribution in [1.82, 2.24) is 10.3 Å². The second kappa shape index (κ2) is 3.86. The Hall–Kier alpha value is -0.770. The number of piperidine rings is 1. The van der Waals surface area contributed by atoms with Gasteiger partial charge in [0.05, 0.1) is 11.1 Å². The highest BCUT2D eigenvalue weighted by molar-refractivity contribution is 6.41. The third-order valence-corrected chi connectivity index (χ3v) is 4.77. The van der Waals surface area contributed by atoms with Crippen LogP contribution in [0.2, 0.25) is 10.2 Å². The van der Waals surface area contributed by atoms with Gasteiger partial charge in [-0.25, -0.2) is 4.98 Å². The summed E-state index contributed by atoms with van der Waals surface area (Å²) in [5.74, 6) is 1.66. The highest BCUT2D eigenvalue weighted by atomic mass is 35.5. The van der Waals surface area contributed by atoms with Crippen LogP contribution in [-0.4, -0.2) is 11.0 Å². The number of halogens is 2. The first kappa shape index (κ1) is 11.1. The predicted octanol–water partition coefficient (Wildman–Crippen LogP) is 3.95. The van der Waals surface area contributed by atoms with E-state index in [2.05, 4.69) is 10.3 Å². The number of fused-ring (bicyclic) bond motifs is 3. The largest absolute Gasteiger partial charge is 0.458 e. The topological polar surface area (TPSA) is 38.1 Å². The zero-order chi connectivity index (χ0) is 12.3. The molecule has 0 unspecified atom stereocenters. The maximum atomic E-state index is 5.95. The molecule has 1 saturated heterocycles. The number of hydrogen-bond acceptors (Lipinski definition) is 3. The molecule has 3 nitrogen and oxygen atoms in total. The number of aromatic nitrogens is 1. The molecule has 1 aliphatic carbocycles. The van der Waals surface area contributed by atoms with Gasteiger partial charge in [-0.15, -0.1) is 0 Å². The van der Waals surface area contributed by atoms with Crippen molar-refractivity contribution < 1.29 is 4.42 Å². The lowest BCUT2D eigenvalue weighted by Gasteiger charge is -2.20. The summed E-state index contributed by atoms with van der Waals surface area (Å²) < 4.78 is 5.87. The van der Waals surface area contributed by atoms with Gasteiger partial charge in [0.2, 0.25) is 0 Å². The van der Waals surface area contributed by atoms with Crippen molar-refractivity contribution in [3.63, 3.8) is 0 Å². The summed E-state index contributed by atoms with van der Waals surface area (Å²) in [7, 11) is 0. The molecule has 3 atom stereocenters. The second-order valence-electron chi connectivity index (χ2n) is 5.21. The molecule has 18 heavy (non-hydrogen) atoms. The van der Waals surface area contributed by atoms with Crippen LogP contribution in [-0.2, 0) is 0 Å². The van der Waals surface area contributed by atoms with Crippen LogP contribution in [0.25, 0.3) is 11.1 Å². The Balaban J connectivity index is 1.77. The molecule has 2 bridgehead atoms. The molecule has 0 aromatic carbocycles. The third kappa shape index (κ3) is 1.58. The van der Waals surface area contributed by atoms with E-state index in [1.807, 2.05) is 6.07 Å². The lowest BCUT2D eigenvalue weighted by atomic mass is 9.98. The lowest BCUT2D eigenvalue weighted by molar-refractivity contribution is 0.340. The van der Waals surface area contributed by atoms with E-state index in [1.165, 1.54) is 19.3 Å². The SMILES string of the molecule is Clc1cc2oc([C@H]3N[C@@H]4CC[C@H]3C4)cc2nc1Cl. The molecule has 0 spiro atoms. The van der Waals surface area contributed by atoms with Gasteiger partial charge < -0.3 is 9.73 Å². The van der Waals surface area contributed by atoms with Crippen LogP contribution in [0.3, 0.4) is 0 Å². The Labute approximate surface area is 114 Å². The van der Waals surface area contributed by atoms with E-state index >= 15 is 0 Å². The minimum Gasteiger partial charge on any atom is -0.458 e. The fraction of sp³-hybridized carbons (Fsp3) is 0.462. The van der Waals surface area contributed by atoms with Crippen LogP contribution in [0.1, 0.15) is 31.1 Å². The van der Waals surface area contributed by atoms with E-state index in [-0.39, 0.29) is 0 Å². The lowest BCUT2D eigenvalue weighted by Crippen LogP contribution is -2.28. The van der Waals surface area contributed by atoms with Crippen molar-refractivity contribution in [1.29, 1.82) is 0 Å². The zero-order valence-corrected chi connectivity index (χ0v) is 11.1. The molecule has 2 aromatic rings. The minimum absolute atomic E-state index is 0.329. The highest BCUT2D eigenvalue weighted by Gasteiger charge is 2.41. The van der Waals surface area contributed by atoms with Gasteiger partial charge in [-0.05, 0) is 25.2 Å². The van der Waals surface area contributed by atoms with Gasteiger partial charge in [-0.3, -0.25) is 0 Å². The quantitative estimate of drug-likeness (QED) is 0.805. The molecule has 2 aromatic heterocycles. The van der Waals surface area contributed by atoms with Crippen LogP contribution in [0.5, 0.6) is 0 Å². The maximum Gasteiger partial charge on any atom is 0.154 e. The fourth-order valence-corrected chi connectivity index (χ4v) is 3.55. The molecule has 0 radical (unpaired) electrons. The van der Waals surface area contributed by atoms with Crippen molar-refractivity contribution in [3.05, 3.63) is 28.1 Å². The van der Waals surface area contributed by atoms with Gasteiger partial charge in [0.25, 0.3) is 0 Å². The Morgan fingerprint density at radius 2 is 2.17 bits per heavy atom. The standard InChI is InChI=1S/C13H12Cl2N2O/c14-8-4-10-9(17-13(8)15)5-11(18-10)12-6-1-2-7(3-6)16-12/h4-7,12,16H,1-3H2/t6-,7+,12-/m0/s1. The third-order valence-electron chi connectivity index (χ3n) is 4.10. The first-order valence-corrected chi connectivity index (χ1v) is 6.98. The van der Waals surface area contributed by atoms with Gasteiger partial charge in [-0.2, -0.15) is 0 Å². The normalized spacial score (nSPS) is 30.4. The summed E-state index contributed by atoms with van der Waals surface area (Å²) >= 11 is 11.9. The van der Waals surface area contributed by atoms with E-state index in [1.54, 1.807) is 6.07 Å². The van der Waals surface area contributed by atoms with Crippen molar-refractivity contribution in [2.45, 2.75) is 31.3 Å². The maximum absolute atomic E-state index is 5.95. The van der Waals surface area contributed by atoms with E-state index < -0.39 is 0 Å². The molecular formula is C13H12Cl2N2O. The molecule has 94 valence electrons. The molecule has 1 N–H and O–H groups in total. The average Bonchev–Trinajstić information content (AvgIpc) is 3.02. The van der Waals surface area contributed by atoms with Crippen LogP contribution < -0.4 is 5.32 Å². The van der Waals surface area contributed by atoms with E-state index in [9.17, 15) is 0 Å². The van der Waals surface area contributed by atoms with E-state index in [0.717, 1.165) is 11.3 Å². The monoisotopic (exact) mass is 282 g/mol. The summed E-state index contributed by atoms with van der Waals surface area (Å²) in [5.41, 5.74) is 1.49. The Bertz CT molecular complexity index is 586. The zero-order valence-electron chi connectivity index (χ0n) is 9.62. The van der Waals surface area contributed by atoms with Crippen LogP contribution in [0.15, 0.2) is 16.5 Å². The van der Waals surface area contributed by atoms with Gasteiger partial charge in [0.15, 0.2) is 5.58 Å². The molecule has 2 fully saturated rings. The number of hydrogen-bond donors (Lipinski definition) is 1. The molecule has 4 rings (SSSR count). The number of pyridine rings is 1. The van der Waals surface area contributed by atoms with Crippen LogP contribution in [0.4, 0.5) is 0 Å². The molecule has 1 aliphatic heterocycles. The number of nitrogens with zero attached hydrogens (tertiary/aromatic N) is 1. The molecular weight excluding hydrogens is 271 g/mol. The molecule has 2 aliphatic rings. The van der Waals surface area contributed by atoms with Gasteiger partial charge >= 0.3 is 0 Å². The molecule has 1 saturated carbocycles. The van der Waals surface area contributed by atoms with Gasteiger partial charge in [-0.1, -0.05) is 23.2 Å². The molecule has 5 heteroatoms. The van der Waals surface area contributed by atoms with E-state index in [0.29, 0.717) is 33.8 Å². The number of rotatable bonds is 1. The van der Waals surface area contributed by atoms with Crippen molar-refractivity contribution in [3.8, 4) is 0 Å². The summed E-state index contributed by atoms with van der Waals surface area (Å²) in [5, 5.41) is 4.38. The Morgan fingerprint density at radius 3 is 2.89 bits per heavy atom. The highest BCUT2D eigenvalue weighted by Crippen LogP contribution is 2.44. The Morgan fingerprint density at radius 1 is 1.28 bits per heavy atom. The van der Waals surface area contributed by atoms with Crippen molar-refractivity contribution >= 4 is 34.3 Å². The minimum atomic E-state index is 0.329. The van der Waals surface area contributed by atoms with Crippen LogP contribution >= 0.6 is 23.2 Å². The summed E-state index contributed by atoms with van der Waals surface area (Å²) in [6, 6.07) is 4.71. The number of furan rings is 1. The summed E-state index contributed by atoms with van der Waals surface area (Å²) in [6.07, 6.45) is 3.84. The first-order chi connectivity index (χ1) is 8.70. The smallest absolute Gasteiger partial charge is 0.154 e. The van der Waals surface area contributed by atoms with Crippen molar-refractivity contribution in [2.75, 3.05) is 0 Å².